The molecule has 1 aromatic heterocycles. The summed E-state index contributed by atoms with van der Waals surface area (Å²) in [5.41, 5.74) is 1.55. The molecule has 0 N–H and O–H groups in total. The molecule has 3 rings (SSSR count). The predicted octanol–water partition coefficient (Wildman–Crippen LogP) is 3.90. The zero-order valence-corrected chi connectivity index (χ0v) is 16.7. The Hall–Kier alpha value is -3.00. The second kappa shape index (κ2) is 9.27. The van der Waals surface area contributed by atoms with Crippen LogP contribution in [0, 0.1) is 0 Å². The van der Waals surface area contributed by atoms with E-state index < -0.39 is 0 Å². The first-order chi connectivity index (χ1) is 13.6. The van der Waals surface area contributed by atoms with Crippen molar-refractivity contribution in [2.75, 3.05) is 31.4 Å². The van der Waals surface area contributed by atoms with E-state index in [0.717, 1.165) is 5.69 Å². The van der Waals surface area contributed by atoms with Crippen LogP contribution in [-0.2, 0) is 4.79 Å². The Labute approximate surface area is 167 Å². The predicted molar refractivity (Wildman–Crippen MR) is 108 cm³/mol. The van der Waals surface area contributed by atoms with Crippen LogP contribution >= 0.6 is 11.8 Å². The molecule has 0 aliphatic carbocycles. The zero-order chi connectivity index (χ0) is 19.9. The Bertz CT molecular complexity index is 908. The largest absolute Gasteiger partial charge is 0.497 e. The SMILES string of the molecule is CCN(C(=O)CSc1nnc(-c2cc(OC)cc(OC)c2)o1)c1ccccc1. The number of rotatable bonds is 8. The lowest BCUT2D eigenvalue weighted by atomic mass is 10.2. The highest BCUT2D eigenvalue weighted by Gasteiger charge is 2.17. The maximum atomic E-state index is 12.6. The molecule has 28 heavy (non-hydrogen) atoms. The summed E-state index contributed by atoms with van der Waals surface area (Å²) in [7, 11) is 3.15. The van der Waals surface area contributed by atoms with Gasteiger partial charge in [-0.25, -0.2) is 0 Å². The molecule has 0 radical (unpaired) electrons. The minimum absolute atomic E-state index is 0.0264. The number of anilines is 1. The lowest BCUT2D eigenvalue weighted by Gasteiger charge is -2.20. The Morgan fingerprint density at radius 1 is 1.07 bits per heavy atom. The van der Waals surface area contributed by atoms with Crippen molar-refractivity contribution in [1.82, 2.24) is 10.2 Å². The fourth-order valence-corrected chi connectivity index (χ4v) is 3.27. The molecule has 0 bridgehead atoms. The van der Waals surface area contributed by atoms with Crippen LogP contribution in [0.25, 0.3) is 11.5 Å². The van der Waals surface area contributed by atoms with Crippen LogP contribution in [0.5, 0.6) is 11.5 Å². The van der Waals surface area contributed by atoms with E-state index in [1.54, 1.807) is 37.3 Å². The number of carbonyl (C=O) groups excluding carboxylic acids is 1. The van der Waals surface area contributed by atoms with E-state index in [1.807, 2.05) is 37.3 Å². The van der Waals surface area contributed by atoms with Gasteiger partial charge in [0, 0.05) is 23.9 Å². The van der Waals surface area contributed by atoms with Gasteiger partial charge in [-0.2, -0.15) is 0 Å². The maximum absolute atomic E-state index is 12.6. The van der Waals surface area contributed by atoms with Crippen molar-refractivity contribution in [1.29, 1.82) is 0 Å². The third kappa shape index (κ3) is 4.64. The van der Waals surface area contributed by atoms with Crippen molar-refractivity contribution in [3.63, 3.8) is 0 Å². The van der Waals surface area contributed by atoms with E-state index in [1.165, 1.54) is 11.8 Å². The fourth-order valence-electron chi connectivity index (χ4n) is 2.63. The highest BCUT2D eigenvalue weighted by Crippen LogP contribution is 2.30. The first-order valence-electron chi connectivity index (χ1n) is 8.69. The quantitative estimate of drug-likeness (QED) is 0.532. The van der Waals surface area contributed by atoms with Crippen LogP contribution < -0.4 is 14.4 Å². The van der Waals surface area contributed by atoms with Gasteiger partial charge in [-0.05, 0) is 31.2 Å². The Balaban J connectivity index is 1.69. The number of aromatic nitrogens is 2. The Morgan fingerprint density at radius 2 is 1.75 bits per heavy atom. The minimum atomic E-state index is -0.0264. The molecule has 0 fully saturated rings. The van der Waals surface area contributed by atoms with Crippen LogP contribution in [0.2, 0.25) is 0 Å². The number of carbonyl (C=O) groups is 1. The molecule has 8 heteroatoms. The molecule has 0 unspecified atom stereocenters. The number of thioether (sulfide) groups is 1. The smallest absolute Gasteiger partial charge is 0.277 e. The average Bonchev–Trinajstić information content (AvgIpc) is 3.22. The summed E-state index contributed by atoms with van der Waals surface area (Å²) in [6.45, 7) is 2.53. The van der Waals surface area contributed by atoms with Crippen LogP contribution in [0.15, 0.2) is 58.2 Å². The number of methoxy groups -OCH3 is 2. The molecule has 2 aromatic carbocycles. The minimum Gasteiger partial charge on any atom is -0.497 e. The van der Waals surface area contributed by atoms with E-state index >= 15 is 0 Å². The summed E-state index contributed by atoms with van der Waals surface area (Å²) in [6, 6.07) is 14.9. The van der Waals surface area contributed by atoms with Gasteiger partial charge in [-0.1, -0.05) is 30.0 Å². The van der Waals surface area contributed by atoms with Gasteiger partial charge in [0.2, 0.25) is 11.8 Å². The number of hydrogen-bond acceptors (Lipinski definition) is 7. The molecule has 0 aliphatic heterocycles. The molecule has 3 aromatic rings. The number of amides is 1. The van der Waals surface area contributed by atoms with Gasteiger partial charge in [-0.15, -0.1) is 10.2 Å². The molecule has 0 saturated heterocycles. The highest BCUT2D eigenvalue weighted by atomic mass is 32.2. The monoisotopic (exact) mass is 399 g/mol. The van der Waals surface area contributed by atoms with E-state index in [-0.39, 0.29) is 11.7 Å². The third-order valence-electron chi connectivity index (χ3n) is 4.01. The van der Waals surface area contributed by atoms with Crippen LogP contribution in [0.4, 0.5) is 5.69 Å². The van der Waals surface area contributed by atoms with E-state index in [0.29, 0.717) is 34.7 Å². The standard InChI is InChI=1S/C20H21N3O4S/c1-4-23(15-8-6-5-7-9-15)18(24)13-28-20-22-21-19(27-20)14-10-16(25-2)12-17(11-14)26-3/h5-12H,4,13H2,1-3H3. The Morgan fingerprint density at radius 3 is 2.36 bits per heavy atom. The van der Waals surface area contributed by atoms with Gasteiger partial charge in [0.1, 0.15) is 11.5 Å². The molecular weight excluding hydrogens is 378 g/mol. The van der Waals surface area contributed by atoms with Gasteiger partial charge in [-0.3, -0.25) is 4.79 Å². The molecule has 1 heterocycles. The fraction of sp³-hybridized carbons (Fsp3) is 0.250. The van der Waals surface area contributed by atoms with Crippen LogP contribution in [-0.4, -0.2) is 42.6 Å². The molecule has 0 saturated carbocycles. The van der Waals surface area contributed by atoms with Crippen molar-refractivity contribution in [3.05, 3.63) is 48.5 Å². The summed E-state index contributed by atoms with van der Waals surface area (Å²) in [5.74, 6) is 1.76. The Kier molecular flexibility index (Phi) is 6.54. The maximum Gasteiger partial charge on any atom is 0.277 e. The van der Waals surface area contributed by atoms with Gasteiger partial charge in [0.05, 0.1) is 20.0 Å². The van der Waals surface area contributed by atoms with Crippen molar-refractivity contribution < 1.29 is 18.7 Å². The molecule has 0 aliphatic rings. The number of hydrogen-bond donors (Lipinski definition) is 0. The summed E-state index contributed by atoms with van der Waals surface area (Å²) < 4.78 is 16.2. The highest BCUT2D eigenvalue weighted by molar-refractivity contribution is 7.99. The number of para-hydroxylation sites is 1. The molecule has 7 nitrogen and oxygen atoms in total. The van der Waals surface area contributed by atoms with Crippen LogP contribution in [0.3, 0.4) is 0 Å². The van der Waals surface area contributed by atoms with Crippen molar-refractivity contribution >= 4 is 23.4 Å². The number of ether oxygens (including phenoxy) is 2. The van der Waals surface area contributed by atoms with E-state index in [9.17, 15) is 4.79 Å². The van der Waals surface area contributed by atoms with Gasteiger partial charge in [0.15, 0.2) is 0 Å². The lowest BCUT2D eigenvalue weighted by molar-refractivity contribution is -0.116. The van der Waals surface area contributed by atoms with Gasteiger partial charge in [0.25, 0.3) is 5.22 Å². The zero-order valence-electron chi connectivity index (χ0n) is 15.9. The first kappa shape index (κ1) is 19.8. The summed E-state index contributed by atoms with van der Waals surface area (Å²) in [4.78, 5) is 14.3. The van der Waals surface area contributed by atoms with Crippen LogP contribution in [0.1, 0.15) is 6.92 Å². The number of nitrogens with zero attached hydrogens (tertiary/aromatic N) is 3. The van der Waals surface area contributed by atoms with E-state index in [2.05, 4.69) is 10.2 Å². The van der Waals surface area contributed by atoms with Gasteiger partial charge >= 0.3 is 0 Å². The van der Waals surface area contributed by atoms with Crippen molar-refractivity contribution in [3.8, 4) is 23.0 Å². The summed E-state index contributed by atoms with van der Waals surface area (Å²) >= 11 is 1.21. The second-order valence-electron chi connectivity index (χ2n) is 5.74. The molecule has 1 amide bonds. The van der Waals surface area contributed by atoms with Gasteiger partial charge < -0.3 is 18.8 Å². The molecule has 0 atom stereocenters. The molecule has 146 valence electrons. The molecule has 0 spiro atoms. The topological polar surface area (TPSA) is 77.7 Å². The van der Waals surface area contributed by atoms with Crippen molar-refractivity contribution in [2.45, 2.75) is 12.1 Å². The second-order valence-corrected chi connectivity index (χ2v) is 6.66. The first-order valence-corrected chi connectivity index (χ1v) is 9.68. The lowest BCUT2D eigenvalue weighted by Crippen LogP contribution is -2.32. The normalized spacial score (nSPS) is 10.5. The van der Waals surface area contributed by atoms with E-state index in [4.69, 9.17) is 13.9 Å². The summed E-state index contributed by atoms with van der Waals surface area (Å²) in [5, 5.41) is 8.42. The molecular formula is C20H21N3O4S. The summed E-state index contributed by atoms with van der Waals surface area (Å²) in [6.07, 6.45) is 0. The third-order valence-corrected chi connectivity index (χ3v) is 4.81. The number of benzene rings is 2. The average molecular weight is 399 g/mol. The van der Waals surface area contributed by atoms with Crippen molar-refractivity contribution in [2.24, 2.45) is 0 Å².